The first kappa shape index (κ1) is 15.8. The van der Waals surface area contributed by atoms with E-state index < -0.39 is 17.4 Å². The first-order valence-electron chi connectivity index (χ1n) is 7.04. The lowest BCUT2D eigenvalue weighted by Gasteiger charge is -2.44. The van der Waals surface area contributed by atoms with Crippen LogP contribution in [0, 0.1) is 12.3 Å². The number of carboxylic acid groups (broad SMARTS) is 1. The molecule has 1 aliphatic heterocycles. The van der Waals surface area contributed by atoms with E-state index in [1.54, 1.807) is 18.2 Å². The van der Waals surface area contributed by atoms with Crippen LogP contribution in [0.5, 0.6) is 0 Å². The van der Waals surface area contributed by atoms with Crippen molar-refractivity contribution in [3.8, 4) is 0 Å². The minimum Gasteiger partial charge on any atom is -0.480 e. The number of aliphatic carboxylic acids is 1. The molecule has 1 fully saturated rings. The van der Waals surface area contributed by atoms with Gasteiger partial charge in [-0.1, -0.05) is 31.5 Å². The van der Waals surface area contributed by atoms with E-state index >= 15 is 0 Å². The Kier molecular flexibility index (Phi) is 4.28. The van der Waals surface area contributed by atoms with Crippen molar-refractivity contribution in [1.29, 1.82) is 0 Å². The van der Waals surface area contributed by atoms with Gasteiger partial charge in [-0.25, -0.2) is 4.79 Å². The molecule has 0 bridgehead atoms. The van der Waals surface area contributed by atoms with Crippen LogP contribution in [-0.2, 0) is 4.79 Å². The van der Waals surface area contributed by atoms with E-state index in [1.165, 1.54) is 4.90 Å². The highest BCUT2D eigenvalue weighted by atomic mass is 35.5. The van der Waals surface area contributed by atoms with Crippen LogP contribution in [0.4, 0.5) is 0 Å². The van der Waals surface area contributed by atoms with Crippen LogP contribution >= 0.6 is 11.6 Å². The van der Waals surface area contributed by atoms with Gasteiger partial charge in [0.1, 0.15) is 6.04 Å². The number of halogens is 1. The quantitative estimate of drug-likeness (QED) is 0.911. The van der Waals surface area contributed by atoms with Gasteiger partial charge in [0.25, 0.3) is 5.91 Å². The molecule has 0 saturated carbocycles. The van der Waals surface area contributed by atoms with Gasteiger partial charge in [-0.05, 0) is 42.9 Å². The van der Waals surface area contributed by atoms with E-state index in [-0.39, 0.29) is 5.91 Å². The van der Waals surface area contributed by atoms with Crippen molar-refractivity contribution in [3.05, 3.63) is 34.3 Å². The highest BCUT2D eigenvalue weighted by Gasteiger charge is 2.44. The number of nitrogens with zero attached hydrogens (tertiary/aromatic N) is 1. The van der Waals surface area contributed by atoms with Gasteiger partial charge in [-0.3, -0.25) is 4.79 Å². The van der Waals surface area contributed by atoms with Crippen molar-refractivity contribution < 1.29 is 14.7 Å². The van der Waals surface area contributed by atoms with Crippen LogP contribution in [0.1, 0.15) is 42.6 Å². The molecule has 0 aliphatic carbocycles. The third kappa shape index (κ3) is 3.05. The van der Waals surface area contributed by atoms with Crippen LogP contribution < -0.4 is 0 Å². The van der Waals surface area contributed by atoms with Gasteiger partial charge in [0, 0.05) is 17.1 Å². The zero-order valence-electron chi connectivity index (χ0n) is 12.5. The lowest BCUT2D eigenvalue weighted by atomic mass is 9.76. The predicted octanol–water partition coefficient (Wildman–Crippen LogP) is 3.36. The zero-order chi connectivity index (χ0) is 15.8. The van der Waals surface area contributed by atoms with Crippen LogP contribution in [-0.4, -0.2) is 34.5 Å². The van der Waals surface area contributed by atoms with E-state index in [9.17, 15) is 14.7 Å². The first-order valence-corrected chi connectivity index (χ1v) is 7.42. The summed E-state index contributed by atoms with van der Waals surface area (Å²) in [6.45, 7) is 6.09. The smallest absolute Gasteiger partial charge is 0.326 e. The summed E-state index contributed by atoms with van der Waals surface area (Å²) >= 11 is 5.97. The molecular formula is C16H20ClNO3. The van der Waals surface area contributed by atoms with Crippen LogP contribution in [0.25, 0.3) is 0 Å². The highest BCUT2D eigenvalue weighted by Crippen LogP contribution is 2.36. The van der Waals surface area contributed by atoms with Crippen molar-refractivity contribution in [3.63, 3.8) is 0 Å². The Hall–Kier alpha value is -1.55. The Bertz CT molecular complexity index is 583. The number of piperidine rings is 1. The number of carboxylic acids is 1. The standard InChI is InChI=1S/C16H20ClNO3/c1-10-5-6-11(17)9-12(10)14(19)18-8-4-7-16(2,3)13(18)15(20)21/h5-6,9,13H,4,7-8H2,1-3H3,(H,20,21). The molecule has 1 unspecified atom stereocenters. The summed E-state index contributed by atoms with van der Waals surface area (Å²) in [7, 11) is 0. The molecule has 1 atom stereocenters. The lowest BCUT2D eigenvalue weighted by Crippen LogP contribution is -2.56. The van der Waals surface area contributed by atoms with Crippen LogP contribution in [0.15, 0.2) is 18.2 Å². The molecule has 1 N–H and O–H groups in total. The van der Waals surface area contributed by atoms with Crippen molar-refractivity contribution in [2.75, 3.05) is 6.54 Å². The zero-order valence-corrected chi connectivity index (χ0v) is 13.3. The topological polar surface area (TPSA) is 57.6 Å². The molecule has 0 spiro atoms. The fourth-order valence-electron chi connectivity index (χ4n) is 3.06. The molecule has 4 nitrogen and oxygen atoms in total. The van der Waals surface area contributed by atoms with Gasteiger partial charge in [-0.2, -0.15) is 0 Å². The molecule has 1 aromatic rings. The third-order valence-electron chi connectivity index (χ3n) is 4.20. The predicted molar refractivity (Wildman–Crippen MR) is 81.7 cm³/mol. The average molecular weight is 310 g/mol. The molecule has 0 aromatic heterocycles. The van der Waals surface area contributed by atoms with Gasteiger partial charge in [0.2, 0.25) is 0 Å². The summed E-state index contributed by atoms with van der Waals surface area (Å²) in [4.78, 5) is 25.9. The van der Waals surface area contributed by atoms with Gasteiger partial charge in [-0.15, -0.1) is 0 Å². The molecule has 1 saturated heterocycles. The summed E-state index contributed by atoms with van der Waals surface area (Å²) in [5, 5.41) is 10.0. The maximum Gasteiger partial charge on any atom is 0.326 e. The molecule has 0 radical (unpaired) electrons. The minimum atomic E-state index is -0.951. The molecule has 5 heteroatoms. The van der Waals surface area contributed by atoms with E-state index in [4.69, 9.17) is 11.6 Å². The Labute approximate surface area is 129 Å². The second-order valence-electron chi connectivity index (χ2n) is 6.29. The number of hydrogen-bond donors (Lipinski definition) is 1. The molecule has 1 aliphatic rings. The lowest BCUT2D eigenvalue weighted by molar-refractivity contribution is -0.148. The molecular weight excluding hydrogens is 290 g/mol. The van der Waals surface area contributed by atoms with E-state index in [2.05, 4.69) is 0 Å². The second-order valence-corrected chi connectivity index (χ2v) is 6.73. The Balaban J connectivity index is 2.41. The summed E-state index contributed by atoms with van der Waals surface area (Å²) < 4.78 is 0. The maximum absolute atomic E-state index is 12.8. The monoisotopic (exact) mass is 309 g/mol. The van der Waals surface area contributed by atoms with Crippen LogP contribution in [0.2, 0.25) is 5.02 Å². The molecule has 114 valence electrons. The van der Waals surface area contributed by atoms with Crippen LogP contribution in [0.3, 0.4) is 0 Å². The normalized spacial score (nSPS) is 21.1. The summed E-state index contributed by atoms with van der Waals surface area (Å²) in [6, 6.07) is 4.31. The number of aryl methyl sites for hydroxylation is 1. The molecule has 21 heavy (non-hydrogen) atoms. The molecule has 1 amide bonds. The van der Waals surface area contributed by atoms with Gasteiger partial charge in [0.15, 0.2) is 0 Å². The van der Waals surface area contributed by atoms with Gasteiger partial charge < -0.3 is 10.0 Å². The summed E-state index contributed by atoms with van der Waals surface area (Å²) in [6.07, 6.45) is 1.60. The third-order valence-corrected chi connectivity index (χ3v) is 4.43. The van der Waals surface area contributed by atoms with E-state index in [1.807, 2.05) is 20.8 Å². The number of hydrogen-bond acceptors (Lipinski definition) is 2. The fraction of sp³-hybridized carbons (Fsp3) is 0.500. The number of carbonyl (C=O) groups is 2. The van der Waals surface area contributed by atoms with E-state index in [0.717, 1.165) is 18.4 Å². The first-order chi connectivity index (χ1) is 9.74. The number of carbonyl (C=O) groups excluding carboxylic acids is 1. The Morgan fingerprint density at radius 3 is 2.67 bits per heavy atom. The second kappa shape index (κ2) is 5.68. The average Bonchev–Trinajstić information content (AvgIpc) is 2.38. The largest absolute Gasteiger partial charge is 0.480 e. The Morgan fingerprint density at radius 2 is 2.05 bits per heavy atom. The summed E-state index contributed by atoms with van der Waals surface area (Å²) in [5.74, 6) is -1.21. The van der Waals surface area contributed by atoms with Crippen molar-refractivity contribution in [2.24, 2.45) is 5.41 Å². The van der Waals surface area contributed by atoms with Crippen molar-refractivity contribution in [2.45, 2.75) is 39.7 Å². The fourth-order valence-corrected chi connectivity index (χ4v) is 3.23. The van der Waals surface area contributed by atoms with Crippen molar-refractivity contribution >= 4 is 23.5 Å². The molecule has 1 aromatic carbocycles. The minimum absolute atomic E-state index is 0.254. The molecule has 2 rings (SSSR count). The number of rotatable bonds is 2. The maximum atomic E-state index is 12.8. The SMILES string of the molecule is Cc1ccc(Cl)cc1C(=O)N1CCCC(C)(C)C1C(=O)O. The molecule has 1 heterocycles. The number of likely N-dealkylation sites (tertiary alicyclic amines) is 1. The van der Waals surface area contributed by atoms with Gasteiger partial charge in [0.05, 0.1) is 0 Å². The van der Waals surface area contributed by atoms with Crippen molar-refractivity contribution in [1.82, 2.24) is 4.90 Å². The number of amides is 1. The highest BCUT2D eigenvalue weighted by molar-refractivity contribution is 6.31. The summed E-state index contributed by atoms with van der Waals surface area (Å²) in [5.41, 5.74) is 0.843. The number of benzene rings is 1. The van der Waals surface area contributed by atoms with E-state index in [0.29, 0.717) is 17.1 Å². The Morgan fingerprint density at radius 1 is 1.38 bits per heavy atom. The van der Waals surface area contributed by atoms with Gasteiger partial charge >= 0.3 is 5.97 Å².